The quantitative estimate of drug-likeness (QED) is 0.851. The fraction of sp³-hybridized carbons (Fsp3) is 0.375. The topological polar surface area (TPSA) is 64.4 Å². The monoisotopic (exact) mass is 288 g/mol. The van der Waals surface area contributed by atoms with Gasteiger partial charge in [0, 0.05) is 6.07 Å². The molecule has 1 aromatic heterocycles. The summed E-state index contributed by atoms with van der Waals surface area (Å²) in [5.74, 6) is 0.986. The van der Waals surface area contributed by atoms with Crippen LogP contribution in [0.3, 0.4) is 0 Å². The van der Waals surface area contributed by atoms with Gasteiger partial charge in [-0.1, -0.05) is 37.2 Å². The second kappa shape index (κ2) is 7.47. The van der Waals surface area contributed by atoms with E-state index >= 15 is 0 Å². The minimum Gasteiger partial charge on any atom is -0.483 e. The number of ether oxygens (including phenoxy) is 1. The smallest absolute Gasteiger partial charge is 0.258 e. The van der Waals surface area contributed by atoms with Crippen molar-refractivity contribution < 1.29 is 14.1 Å². The van der Waals surface area contributed by atoms with Crippen LogP contribution in [-0.2, 0) is 11.3 Å². The Morgan fingerprint density at radius 2 is 2.19 bits per heavy atom. The SMILES string of the molecule is CCC(C)c1ccccc1OCC(=O)NCc1ccon1. The molecule has 112 valence electrons. The van der Waals surface area contributed by atoms with Crippen LogP contribution in [0.2, 0.25) is 0 Å². The average molecular weight is 288 g/mol. The third kappa shape index (κ3) is 4.34. The Hall–Kier alpha value is -2.30. The van der Waals surface area contributed by atoms with Gasteiger partial charge in [-0.3, -0.25) is 4.79 Å². The third-order valence-corrected chi connectivity index (χ3v) is 3.38. The molecule has 1 unspecified atom stereocenters. The lowest BCUT2D eigenvalue weighted by atomic mass is 9.98. The molecule has 0 fully saturated rings. The number of nitrogens with one attached hydrogen (secondary N) is 1. The van der Waals surface area contributed by atoms with Gasteiger partial charge in [-0.25, -0.2) is 0 Å². The highest BCUT2D eigenvalue weighted by Gasteiger charge is 2.11. The largest absolute Gasteiger partial charge is 0.483 e. The Balaban J connectivity index is 1.86. The van der Waals surface area contributed by atoms with E-state index in [-0.39, 0.29) is 12.5 Å². The van der Waals surface area contributed by atoms with Gasteiger partial charge in [-0.05, 0) is 24.0 Å². The van der Waals surface area contributed by atoms with Crippen LogP contribution in [0, 0.1) is 0 Å². The minimum atomic E-state index is -0.183. The van der Waals surface area contributed by atoms with Crippen molar-refractivity contribution in [2.75, 3.05) is 6.61 Å². The second-order valence-electron chi connectivity index (χ2n) is 4.90. The summed E-state index contributed by atoms with van der Waals surface area (Å²) in [5, 5.41) is 6.46. The number of aromatic nitrogens is 1. The predicted molar refractivity (Wildman–Crippen MR) is 79.0 cm³/mol. The Kier molecular flexibility index (Phi) is 5.37. The lowest BCUT2D eigenvalue weighted by Crippen LogP contribution is -2.28. The van der Waals surface area contributed by atoms with E-state index < -0.39 is 0 Å². The van der Waals surface area contributed by atoms with Crippen molar-refractivity contribution >= 4 is 5.91 Å². The molecule has 5 nitrogen and oxygen atoms in total. The summed E-state index contributed by atoms with van der Waals surface area (Å²) in [7, 11) is 0. The molecule has 1 atom stereocenters. The van der Waals surface area contributed by atoms with Gasteiger partial charge in [-0.15, -0.1) is 0 Å². The van der Waals surface area contributed by atoms with Crippen LogP contribution in [0.4, 0.5) is 0 Å². The van der Waals surface area contributed by atoms with Crippen molar-refractivity contribution in [1.82, 2.24) is 10.5 Å². The van der Waals surface area contributed by atoms with E-state index in [4.69, 9.17) is 9.26 Å². The Labute approximate surface area is 124 Å². The third-order valence-electron chi connectivity index (χ3n) is 3.38. The van der Waals surface area contributed by atoms with Gasteiger partial charge < -0.3 is 14.6 Å². The molecule has 1 amide bonds. The zero-order chi connectivity index (χ0) is 15.1. The van der Waals surface area contributed by atoms with E-state index in [9.17, 15) is 4.79 Å². The van der Waals surface area contributed by atoms with Gasteiger partial charge in [0.1, 0.15) is 17.7 Å². The molecule has 2 aromatic rings. The first-order valence-corrected chi connectivity index (χ1v) is 7.08. The Morgan fingerprint density at radius 3 is 2.90 bits per heavy atom. The van der Waals surface area contributed by atoms with E-state index in [1.54, 1.807) is 6.07 Å². The molecule has 0 aliphatic carbocycles. The summed E-state index contributed by atoms with van der Waals surface area (Å²) in [6, 6.07) is 9.54. The van der Waals surface area contributed by atoms with Crippen LogP contribution >= 0.6 is 0 Å². The van der Waals surface area contributed by atoms with E-state index in [1.807, 2.05) is 24.3 Å². The normalized spacial score (nSPS) is 11.9. The lowest BCUT2D eigenvalue weighted by Gasteiger charge is -2.15. The van der Waals surface area contributed by atoms with Gasteiger partial charge in [0.15, 0.2) is 6.61 Å². The van der Waals surface area contributed by atoms with Gasteiger partial charge in [0.2, 0.25) is 0 Å². The first-order valence-electron chi connectivity index (χ1n) is 7.08. The maximum atomic E-state index is 11.8. The van der Waals surface area contributed by atoms with Gasteiger partial charge in [0.25, 0.3) is 5.91 Å². The maximum Gasteiger partial charge on any atom is 0.258 e. The molecule has 0 radical (unpaired) electrons. The molecular formula is C16H20N2O3. The molecule has 2 rings (SSSR count). The Bertz CT molecular complexity index is 567. The van der Waals surface area contributed by atoms with E-state index in [0.29, 0.717) is 18.2 Å². The molecule has 0 aliphatic rings. The van der Waals surface area contributed by atoms with Crippen molar-refractivity contribution in [3.05, 3.63) is 47.9 Å². The maximum absolute atomic E-state index is 11.8. The van der Waals surface area contributed by atoms with Crippen LogP contribution in [0.5, 0.6) is 5.75 Å². The van der Waals surface area contributed by atoms with Crippen LogP contribution in [-0.4, -0.2) is 17.7 Å². The van der Waals surface area contributed by atoms with Crippen molar-refractivity contribution in [3.8, 4) is 5.75 Å². The number of amides is 1. The Morgan fingerprint density at radius 1 is 1.38 bits per heavy atom. The summed E-state index contributed by atoms with van der Waals surface area (Å²) in [6.07, 6.45) is 2.50. The molecule has 1 heterocycles. The molecule has 5 heteroatoms. The molecule has 1 aromatic carbocycles. The summed E-state index contributed by atoms with van der Waals surface area (Å²) >= 11 is 0. The van der Waals surface area contributed by atoms with Crippen molar-refractivity contribution in [1.29, 1.82) is 0 Å². The molecule has 21 heavy (non-hydrogen) atoms. The van der Waals surface area contributed by atoms with E-state index in [1.165, 1.54) is 6.26 Å². The molecule has 1 N–H and O–H groups in total. The lowest BCUT2D eigenvalue weighted by molar-refractivity contribution is -0.123. The van der Waals surface area contributed by atoms with Crippen LogP contribution < -0.4 is 10.1 Å². The first-order chi connectivity index (χ1) is 10.2. The predicted octanol–water partition coefficient (Wildman–Crippen LogP) is 2.88. The second-order valence-corrected chi connectivity index (χ2v) is 4.90. The zero-order valence-electron chi connectivity index (χ0n) is 12.3. The zero-order valence-corrected chi connectivity index (χ0v) is 12.3. The van der Waals surface area contributed by atoms with Crippen molar-refractivity contribution in [3.63, 3.8) is 0 Å². The summed E-state index contributed by atoms with van der Waals surface area (Å²) in [6.45, 7) is 4.61. The van der Waals surface area contributed by atoms with E-state index in [2.05, 4.69) is 24.3 Å². The van der Waals surface area contributed by atoms with Crippen molar-refractivity contribution in [2.45, 2.75) is 32.7 Å². The number of carbonyl (C=O) groups excluding carboxylic acids is 1. The fourth-order valence-electron chi connectivity index (χ4n) is 1.95. The van der Waals surface area contributed by atoms with Crippen LogP contribution in [0.25, 0.3) is 0 Å². The number of nitrogens with zero attached hydrogens (tertiary/aromatic N) is 1. The van der Waals surface area contributed by atoms with Gasteiger partial charge >= 0.3 is 0 Å². The highest BCUT2D eigenvalue weighted by Crippen LogP contribution is 2.28. The summed E-state index contributed by atoms with van der Waals surface area (Å²) in [5.41, 5.74) is 1.81. The number of para-hydroxylation sites is 1. The molecular weight excluding hydrogens is 268 g/mol. The first kappa shape index (κ1) is 15.1. The molecule has 0 spiro atoms. The molecule has 0 saturated heterocycles. The standard InChI is InChI=1S/C16H20N2O3/c1-3-12(2)14-6-4-5-7-15(14)20-11-16(19)17-10-13-8-9-21-18-13/h4-9,12H,3,10-11H2,1-2H3,(H,17,19). The molecule has 0 saturated carbocycles. The van der Waals surface area contributed by atoms with Crippen LogP contribution in [0.15, 0.2) is 41.1 Å². The summed E-state index contributed by atoms with van der Waals surface area (Å²) in [4.78, 5) is 11.8. The van der Waals surface area contributed by atoms with Gasteiger partial charge in [0.05, 0.1) is 6.54 Å². The minimum absolute atomic E-state index is 0.00863. The number of carbonyl (C=O) groups is 1. The highest BCUT2D eigenvalue weighted by molar-refractivity contribution is 5.77. The van der Waals surface area contributed by atoms with E-state index in [0.717, 1.165) is 17.7 Å². The number of rotatable bonds is 7. The average Bonchev–Trinajstić information content (AvgIpc) is 3.04. The number of hydrogen-bond donors (Lipinski definition) is 1. The summed E-state index contributed by atoms with van der Waals surface area (Å²) < 4.78 is 10.3. The number of benzene rings is 1. The van der Waals surface area contributed by atoms with Crippen molar-refractivity contribution in [2.24, 2.45) is 0 Å². The highest BCUT2D eigenvalue weighted by atomic mass is 16.5. The fourth-order valence-corrected chi connectivity index (χ4v) is 1.95. The van der Waals surface area contributed by atoms with Gasteiger partial charge in [-0.2, -0.15) is 0 Å². The van der Waals surface area contributed by atoms with Crippen LogP contribution in [0.1, 0.15) is 37.4 Å². The molecule has 0 bridgehead atoms. The number of hydrogen-bond acceptors (Lipinski definition) is 4. The molecule has 0 aliphatic heterocycles.